The molecule has 19 heavy (non-hydrogen) atoms. The van der Waals surface area contributed by atoms with Crippen LogP contribution >= 0.6 is 0 Å². The van der Waals surface area contributed by atoms with Gasteiger partial charge in [-0.25, -0.2) is 8.42 Å². The third-order valence-corrected chi connectivity index (χ3v) is 5.03. The zero-order valence-corrected chi connectivity index (χ0v) is 11.5. The fraction of sp³-hybridized carbons (Fsp3) is 0.417. The topological polar surface area (TPSA) is 83.9 Å². The molecule has 0 radical (unpaired) electrons. The van der Waals surface area contributed by atoms with E-state index in [1.165, 1.54) is 23.5 Å². The normalized spacial score (nSPS) is 16.9. The molecular weight excluding hydrogens is 270 g/mol. The maximum atomic E-state index is 12.2. The van der Waals surface area contributed by atoms with Crippen molar-refractivity contribution in [1.82, 2.24) is 4.31 Å². The number of benzene rings is 1. The van der Waals surface area contributed by atoms with Crippen molar-refractivity contribution in [3.05, 3.63) is 23.8 Å². The molecule has 1 aromatic rings. The van der Waals surface area contributed by atoms with Crippen molar-refractivity contribution in [1.29, 1.82) is 0 Å². The molecule has 0 saturated carbocycles. The second kappa shape index (κ2) is 4.82. The third kappa shape index (κ3) is 2.43. The molecule has 7 heteroatoms. The molecule has 0 spiro atoms. The summed E-state index contributed by atoms with van der Waals surface area (Å²) in [6.07, 6.45) is 0. The van der Waals surface area contributed by atoms with Crippen molar-refractivity contribution >= 4 is 16.0 Å². The first-order valence-corrected chi connectivity index (χ1v) is 7.18. The summed E-state index contributed by atoms with van der Waals surface area (Å²) in [6, 6.07) is 4.59. The molecule has 1 saturated heterocycles. The average Bonchev–Trinajstić information content (AvgIpc) is 2.25. The summed E-state index contributed by atoms with van der Waals surface area (Å²) in [5.41, 5.74) is 0.721. The molecule has 1 aliphatic heterocycles. The quantitative estimate of drug-likeness (QED) is 0.880. The highest BCUT2D eigenvalue weighted by atomic mass is 32.2. The number of nitrogens with zero attached hydrogens (tertiary/aromatic N) is 1. The van der Waals surface area contributed by atoms with Crippen LogP contribution in [0.2, 0.25) is 0 Å². The largest absolute Gasteiger partial charge is 0.496 e. The number of aryl methyl sites for hydroxylation is 1. The van der Waals surface area contributed by atoms with Crippen molar-refractivity contribution in [2.75, 3.05) is 20.2 Å². The van der Waals surface area contributed by atoms with Crippen molar-refractivity contribution in [3.63, 3.8) is 0 Å². The van der Waals surface area contributed by atoms with Gasteiger partial charge in [-0.2, -0.15) is 4.31 Å². The first-order chi connectivity index (χ1) is 8.86. The van der Waals surface area contributed by atoms with E-state index >= 15 is 0 Å². The Labute approximate surface area is 111 Å². The van der Waals surface area contributed by atoms with E-state index in [9.17, 15) is 13.2 Å². The van der Waals surface area contributed by atoms with Gasteiger partial charge >= 0.3 is 5.97 Å². The van der Waals surface area contributed by atoms with Gasteiger partial charge in [-0.05, 0) is 30.7 Å². The fourth-order valence-electron chi connectivity index (χ4n) is 1.95. The molecule has 0 aliphatic carbocycles. The van der Waals surface area contributed by atoms with Gasteiger partial charge in [0.1, 0.15) is 5.75 Å². The van der Waals surface area contributed by atoms with Crippen molar-refractivity contribution in [3.8, 4) is 5.75 Å². The van der Waals surface area contributed by atoms with Crippen LogP contribution in [-0.4, -0.2) is 44.0 Å². The molecule has 0 unspecified atom stereocenters. The highest BCUT2D eigenvalue weighted by Gasteiger charge is 2.40. The van der Waals surface area contributed by atoms with Gasteiger partial charge < -0.3 is 9.84 Å². The summed E-state index contributed by atoms with van der Waals surface area (Å²) >= 11 is 0. The number of rotatable bonds is 4. The monoisotopic (exact) mass is 285 g/mol. The van der Waals surface area contributed by atoms with E-state index in [0.717, 1.165) is 5.56 Å². The van der Waals surface area contributed by atoms with Crippen LogP contribution in [0.4, 0.5) is 0 Å². The van der Waals surface area contributed by atoms with Crippen LogP contribution in [0.5, 0.6) is 5.75 Å². The lowest BCUT2D eigenvalue weighted by Gasteiger charge is -2.35. The lowest BCUT2D eigenvalue weighted by molar-refractivity contribution is -0.145. The number of carboxylic acids is 1. The molecule has 1 aliphatic rings. The SMILES string of the molecule is COc1ccc(S(=O)(=O)N2CC(C(=O)O)C2)cc1C. The van der Waals surface area contributed by atoms with E-state index in [1.807, 2.05) is 0 Å². The first kappa shape index (κ1) is 13.8. The Kier molecular flexibility index (Phi) is 3.51. The van der Waals surface area contributed by atoms with Crippen LogP contribution < -0.4 is 4.74 Å². The zero-order chi connectivity index (χ0) is 14.2. The number of aliphatic carboxylic acids is 1. The summed E-state index contributed by atoms with van der Waals surface area (Å²) in [6.45, 7) is 1.82. The number of carboxylic acid groups (broad SMARTS) is 1. The Morgan fingerprint density at radius 3 is 2.53 bits per heavy atom. The van der Waals surface area contributed by atoms with Gasteiger partial charge in [0.15, 0.2) is 0 Å². The second-order valence-corrected chi connectivity index (χ2v) is 6.43. The minimum Gasteiger partial charge on any atom is -0.496 e. The maximum Gasteiger partial charge on any atom is 0.309 e. The molecular formula is C12H15NO5S. The highest BCUT2D eigenvalue weighted by molar-refractivity contribution is 7.89. The van der Waals surface area contributed by atoms with Gasteiger partial charge in [-0.15, -0.1) is 0 Å². The van der Waals surface area contributed by atoms with Gasteiger partial charge in [0.25, 0.3) is 0 Å². The van der Waals surface area contributed by atoms with Gasteiger partial charge in [0.05, 0.1) is 17.9 Å². The minimum absolute atomic E-state index is 0.0305. The van der Waals surface area contributed by atoms with Gasteiger partial charge in [-0.1, -0.05) is 0 Å². The number of methoxy groups -OCH3 is 1. The Morgan fingerprint density at radius 1 is 1.42 bits per heavy atom. The lowest BCUT2D eigenvalue weighted by Crippen LogP contribution is -2.52. The number of sulfonamides is 1. The molecule has 1 N–H and O–H groups in total. The molecule has 0 atom stereocenters. The minimum atomic E-state index is -3.60. The fourth-order valence-corrected chi connectivity index (χ4v) is 3.57. The second-order valence-electron chi connectivity index (χ2n) is 4.49. The molecule has 1 heterocycles. The van der Waals surface area contributed by atoms with E-state index in [0.29, 0.717) is 5.75 Å². The standard InChI is InChI=1S/C12H15NO5S/c1-8-5-10(3-4-11(8)18-2)19(16,17)13-6-9(7-13)12(14)15/h3-5,9H,6-7H2,1-2H3,(H,14,15). The smallest absolute Gasteiger partial charge is 0.309 e. The van der Waals surface area contributed by atoms with Crippen molar-refractivity contribution in [2.45, 2.75) is 11.8 Å². The lowest BCUT2D eigenvalue weighted by atomic mass is 10.0. The average molecular weight is 285 g/mol. The number of hydrogen-bond donors (Lipinski definition) is 1. The zero-order valence-electron chi connectivity index (χ0n) is 10.7. The molecule has 6 nitrogen and oxygen atoms in total. The summed E-state index contributed by atoms with van der Waals surface area (Å²) in [7, 11) is -2.08. The van der Waals surface area contributed by atoms with Gasteiger partial charge in [0, 0.05) is 13.1 Å². The van der Waals surface area contributed by atoms with E-state index in [-0.39, 0.29) is 18.0 Å². The van der Waals surface area contributed by atoms with E-state index < -0.39 is 21.9 Å². The van der Waals surface area contributed by atoms with Crippen LogP contribution in [-0.2, 0) is 14.8 Å². The van der Waals surface area contributed by atoms with Crippen LogP contribution in [0.1, 0.15) is 5.56 Å². The van der Waals surface area contributed by atoms with Crippen LogP contribution in [0, 0.1) is 12.8 Å². The maximum absolute atomic E-state index is 12.2. The van der Waals surface area contributed by atoms with Gasteiger partial charge in [0.2, 0.25) is 10.0 Å². The number of hydrogen-bond acceptors (Lipinski definition) is 4. The van der Waals surface area contributed by atoms with E-state index in [4.69, 9.17) is 9.84 Å². The molecule has 1 aromatic carbocycles. The van der Waals surface area contributed by atoms with Crippen molar-refractivity contribution < 1.29 is 23.1 Å². The predicted molar refractivity (Wildman–Crippen MR) is 67.6 cm³/mol. The summed E-state index contributed by atoms with van der Waals surface area (Å²) < 4.78 is 30.7. The summed E-state index contributed by atoms with van der Waals surface area (Å²) in [5.74, 6) is -0.947. The van der Waals surface area contributed by atoms with Gasteiger partial charge in [-0.3, -0.25) is 4.79 Å². The van der Waals surface area contributed by atoms with Crippen LogP contribution in [0.3, 0.4) is 0 Å². The van der Waals surface area contributed by atoms with E-state index in [2.05, 4.69) is 0 Å². The highest BCUT2D eigenvalue weighted by Crippen LogP contribution is 2.28. The predicted octanol–water partition coefficient (Wildman–Crippen LogP) is 0.709. The van der Waals surface area contributed by atoms with Crippen LogP contribution in [0.15, 0.2) is 23.1 Å². The Morgan fingerprint density at radius 2 is 2.05 bits per heavy atom. The Balaban J connectivity index is 2.22. The van der Waals surface area contributed by atoms with Crippen molar-refractivity contribution in [2.24, 2.45) is 5.92 Å². The molecule has 104 valence electrons. The summed E-state index contributed by atoms with van der Waals surface area (Å²) in [5, 5.41) is 8.76. The molecule has 0 amide bonds. The Bertz CT molecular complexity index is 605. The Hall–Kier alpha value is -1.60. The molecule has 0 aromatic heterocycles. The summed E-state index contributed by atoms with van der Waals surface area (Å²) in [4.78, 5) is 10.9. The van der Waals surface area contributed by atoms with Crippen LogP contribution in [0.25, 0.3) is 0 Å². The molecule has 1 fully saturated rings. The molecule has 2 rings (SSSR count). The van der Waals surface area contributed by atoms with E-state index in [1.54, 1.807) is 13.0 Å². The number of carbonyl (C=O) groups is 1. The first-order valence-electron chi connectivity index (χ1n) is 5.74. The third-order valence-electron chi connectivity index (χ3n) is 3.20. The number of ether oxygens (including phenoxy) is 1. The molecule has 0 bridgehead atoms.